The summed E-state index contributed by atoms with van der Waals surface area (Å²) in [7, 11) is 0. The lowest BCUT2D eigenvalue weighted by Crippen LogP contribution is -2.26. The van der Waals surface area contributed by atoms with Gasteiger partial charge in [-0.25, -0.2) is 0 Å². The van der Waals surface area contributed by atoms with Crippen LogP contribution in [-0.4, -0.2) is 22.9 Å². The number of para-hydroxylation sites is 1. The van der Waals surface area contributed by atoms with Crippen LogP contribution in [0.5, 0.6) is 5.75 Å². The minimum atomic E-state index is -0.293. The van der Waals surface area contributed by atoms with E-state index in [1.165, 1.54) is 0 Å². The molecule has 0 saturated heterocycles. The Bertz CT molecular complexity index is 250. The van der Waals surface area contributed by atoms with Crippen molar-refractivity contribution in [3.8, 4) is 5.75 Å². The van der Waals surface area contributed by atoms with Crippen LogP contribution >= 0.6 is 0 Å². The molecule has 1 atom stereocenters. The summed E-state index contributed by atoms with van der Waals surface area (Å²) >= 11 is 0. The van der Waals surface area contributed by atoms with E-state index in [-0.39, 0.29) is 18.4 Å². The van der Waals surface area contributed by atoms with Gasteiger partial charge in [0.05, 0.1) is 6.61 Å². The highest BCUT2D eigenvalue weighted by molar-refractivity contribution is 5.32. The average Bonchev–Trinajstić information content (AvgIpc) is 2.09. The molecule has 0 aliphatic carbocycles. The summed E-state index contributed by atoms with van der Waals surface area (Å²) < 4.78 is 0. The molecule has 0 aliphatic heterocycles. The number of aromatic hydroxyl groups is 1. The van der Waals surface area contributed by atoms with Crippen LogP contribution in [0.15, 0.2) is 24.3 Å². The first-order chi connectivity index (χ1) is 5.74. The number of nitrogens with two attached hydrogens (primary N) is 1. The fraction of sp³-hybridized carbons (Fsp3) is 0.333. The fourth-order valence-electron chi connectivity index (χ4n) is 1.03. The van der Waals surface area contributed by atoms with Crippen molar-refractivity contribution in [2.75, 3.05) is 6.61 Å². The van der Waals surface area contributed by atoms with Crippen molar-refractivity contribution in [1.82, 2.24) is 0 Å². The van der Waals surface area contributed by atoms with Crippen molar-refractivity contribution in [2.45, 2.75) is 12.5 Å². The van der Waals surface area contributed by atoms with Gasteiger partial charge in [0.25, 0.3) is 0 Å². The van der Waals surface area contributed by atoms with Gasteiger partial charge in [-0.15, -0.1) is 0 Å². The number of rotatable bonds is 3. The molecule has 0 saturated carbocycles. The smallest absolute Gasteiger partial charge is 0.118 e. The van der Waals surface area contributed by atoms with Crippen LogP contribution in [0.3, 0.4) is 0 Å². The third kappa shape index (κ3) is 2.22. The van der Waals surface area contributed by atoms with E-state index < -0.39 is 0 Å². The predicted octanol–water partition coefficient (Wildman–Crippen LogP) is 0.254. The minimum absolute atomic E-state index is 0.0612. The molecule has 0 radical (unpaired) electrons. The zero-order valence-electron chi connectivity index (χ0n) is 6.77. The third-order valence-electron chi connectivity index (χ3n) is 1.71. The van der Waals surface area contributed by atoms with Crippen LogP contribution in [0, 0.1) is 0 Å². The molecule has 3 nitrogen and oxygen atoms in total. The maximum atomic E-state index is 9.32. The van der Waals surface area contributed by atoms with E-state index in [0.29, 0.717) is 6.42 Å². The molecule has 4 N–H and O–H groups in total. The van der Waals surface area contributed by atoms with E-state index in [0.717, 1.165) is 5.56 Å². The lowest BCUT2D eigenvalue weighted by Gasteiger charge is -2.08. The van der Waals surface area contributed by atoms with Crippen LogP contribution in [-0.2, 0) is 6.42 Å². The van der Waals surface area contributed by atoms with E-state index in [1.54, 1.807) is 18.2 Å². The van der Waals surface area contributed by atoms with Gasteiger partial charge < -0.3 is 15.9 Å². The van der Waals surface area contributed by atoms with E-state index in [2.05, 4.69) is 0 Å². The topological polar surface area (TPSA) is 66.5 Å². The Morgan fingerprint density at radius 3 is 2.58 bits per heavy atom. The molecule has 1 aromatic rings. The lowest BCUT2D eigenvalue weighted by atomic mass is 10.1. The van der Waals surface area contributed by atoms with Gasteiger partial charge in [-0.3, -0.25) is 0 Å². The second kappa shape index (κ2) is 4.09. The van der Waals surface area contributed by atoms with E-state index in [9.17, 15) is 5.11 Å². The quantitative estimate of drug-likeness (QED) is 0.604. The molecule has 0 spiro atoms. The second-order valence-corrected chi connectivity index (χ2v) is 2.78. The first-order valence-electron chi connectivity index (χ1n) is 3.87. The van der Waals surface area contributed by atoms with Crippen molar-refractivity contribution < 1.29 is 10.2 Å². The summed E-state index contributed by atoms with van der Waals surface area (Å²) in [4.78, 5) is 0. The maximum absolute atomic E-state index is 9.32. The van der Waals surface area contributed by atoms with Gasteiger partial charge in [0.1, 0.15) is 5.75 Å². The molecule has 66 valence electrons. The van der Waals surface area contributed by atoms with Crippen LogP contribution in [0.4, 0.5) is 0 Å². The summed E-state index contributed by atoms with van der Waals surface area (Å²) in [6.45, 7) is -0.0612. The van der Waals surface area contributed by atoms with Crippen molar-refractivity contribution in [2.24, 2.45) is 5.73 Å². The van der Waals surface area contributed by atoms with Crippen LogP contribution in [0.2, 0.25) is 0 Å². The Labute approximate surface area is 71.5 Å². The SMILES string of the molecule is N[C@H](CO)Cc1ccccc1O. The monoisotopic (exact) mass is 167 g/mol. The number of phenols is 1. The molecule has 0 bridgehead atoms. The Hall–Kier alpha value is -1.06. The standard InChI is InChI=1S/C9H13NO2/c10-8(6-11)5-7-3-1-2-4-9(7)12/h1-4,8,11-12H,5-6,10H2/t8-/m0/s1. The van der Waals surface area contributed by atoms with Gasteiger partial charge in [0.2, 0.25) is 0 Å². The Morgan fingerprint density at radius 2 is 2.00 bits per heavy atom. The molecule has 0 unspecified atom stereocenters. The first kappa shape index (κ1) is 9.03. The van der Waals surface area contributed by atoms with Crippen molar-refractivity contribution in [3.05, 3.63) is 29.8 Å². The van der Waals surface area contributed by atoms with E-state index >= 15 is 0 Å². The molecular formula is C9H13NO2. The Morgan fingerprint density at radius 1 is 1.33 bits per heavy atom. The van der Waals surface area contributed by atoms with Crippen molar-refractivity contribution in [1.29, 1.82) is 0 Å². The van der Waals surface area contributed by atoms with Gasteiger partial charge in [-0.1, -0.05) is 18.2 Å². The van der Waals surface area contributed by atoms with Gasteiger partial charge in [0, 0.05) is 6.04 Å². The predicted molar refractivity (Wildman–Crippen MR) is 46.9 cm³/mol. The number of aliphatic hydroxyl groups excluding tert-OH is 1. The molecule has 0 amide bonds. The molecule has 1 aromatic carbocycles. The van der Waals surface area contributed by atoms with Crippen LogP contribution in [0.25, 0.3) is 0 Å². The number of phenolic OH excluding ortho intramolecular Hbond substituents is 1. The van der Waals surface area contributed by atoms with E-state index in [1.807, 2.05) is 6.07 Å². The van der Waals surface area contributed by atoms with E-state index in [4.69, 9.17) is 10.8 Å². The molecule has 3 heteroatoms. The van der Waals surface area contributed by atoms with Crippen molar-refractivity contribution in [3.63, 3.8) is 0 Å². The second-order valence-electron chi connectivity index (χ2n) is 2.78. The molecule has 0 aliphatic rings. The van der Waals surface area contributed by atoms with Gasteiger partial charge in [-0.2, -0.15) is 0 Å². The summed E-state index contributed by atoms with van der Waals surface area (Å²) in [6, 6.07) is 6.70. The van der Waals surface area contributed by atoms with Gasteiger partial charge in [-0.05, 0) is 18.1 Å². The highest BCUT2D eigenvalue weighted by atomic mass is 16.3. The molecule has 0 aromatic heterocycles. The lowest BCUT2D eigenvalue weighted by molar-refractivity contribution is 0.264. The average molecular weight is 167 g/mol. The zero-order valence-corrected chi connectivity index (χ0v) is 6.77. The van der Waals surface area contributed by atoms with Crippen molar-refractivity contribution >= 4 is 0 Å². The van der Waals surface area contributed by atoms with Gasteiger partial charge in [0.15, 0.2) is 0 Å². The molecule has 0 fully saturated rings. The normalized spacial score (nSPS) is 12.8. The Kier molecular flexibility index (Phi) is 3.08. The molecule has 1 rings (SSSR count). The third-order valence-corrected chi connectivity index (χ3v) is 1.71. The van der Waals surface area contributed by atoms with Gasteiger partial charge >= 0.3 is 0 Å². The minimum Gasteiger partial charge on any atom is -0.508 e. The molecular weight excluding hydrogens is 154 g/mol. The molecule has 12 heavy (non-hydrogen) atoms. The summed E-state index contributed by atoms with van der Waals surface area (Å²) in [5.74, 6) is 0.237. The van der Waals surface area contributed by atoms with Crippen LogP contribution < -0.4 is 5.73 Å². The number of hydrogen-bond acceptors (Lipinski definition) is 3. The first-order valence-corrected chi connectivity index (χ1v) is 3.87. The fourth-order valence-corrected chi connectivity index (χ4v) is 1.03. The highest BCUT2D eigenvalue weighted by Crippen LogP contribution is 2.16. The number of benzene rings is 1. The summed E-state index contributed by atoms with van der Waals surface area (Å²) in [6.07, 6.45) is 0.503. The summed E-state index contributed by atoms with van der Waals surface area (Å²) in [5.41, 5.74) is 6.29. The zero-order chi connectivity index (χ0) is 8.97. The maximum Gasteiger partial charge on any atom is 0.118 e. The van der Waals surface area contributed by atoms with Crippen LogP contribution in [0.1, 0.15) is 5.56 Å². The highest BCUT2D eigenvalue weighted by Gasteiger charge is 2.04. The largest absolute Gasteiger partial charge is 0.508 e. The Balaban J connectivity index is 2.69. The molecule has 0 heterocycles. The number of aliphatic hydroxyl groups is 1. The number of hydrogen-bond donors (Lipinski definition) is 3. The summed E-state index contributed by atoms with van der Waals surface area (Å²) in [5, 5.41) is 18.0.